The third-order valence-corrected chi connectivity index (χ3v) is 2.58. The van der Waals surface area contributed by atoms with Crippen molar-refractivity contribution in [2.45, 2.75) is 46.6 Å². The van der Waals surface area contributed by atoms with E-state index >= 15 is 0 Å². The zero-order valence-corrected chi connectivity index (χ0v) is 10.1. The van der Waals surface area contributed by atoms with Crippen LogP contribution in [0.3, 0.4) is 0 Å². The predicted molar refractivity (Wildman–Crippen MR) is 59.5 cm³/mol. The van der Waals surface area contributed by atoms with Crippen LogP contribution in [0.15, 0.2) is 4.42 Å². The molecule has 1 heterocycles. The van der Waals surface area contributed by atoms with Crippen LogP contribution in [0.2, 0.25) is 0 Å². The monoisotopic (exact) mass is 211 g/mol. The maximum atomic E-state index is 5.57. The standard InChI is InChI=1S/C11H21N3O/c1-5-6-12-7-10-13-14-11(15-10)9(4)8(2)3/h8-9,12H,5-7H2,1-4H3. The van der Waals surface area contributed by atoms with E-state index in [-0.39, 0.29) is 0 Å². The number of rotatable bonds is 6. The third-order valence-electron chi connectivity index (χ3n) is 2.58. The zero-order chi connectivity index (χ0) is 11.3. The minimum atomic E-state index is 0.331. The summed E-state index contributed by atoms with van der Waals surface area (Å²) in [6, 6.07) is 0. The molecule has 15 heavy (non-hydrogen) atoms. The average molecular weight is 211 g/mol. The highest BCUT2D eigenvalue weighted by molar-refractivity contribution is 4.90. The molecule has 1 aromatic heterocycles. The Balaban J connectivity index is 2.48. The van der Waals surface area contributed by atoms with Crippen LogP contribution in [0.5, 0.6) is 0 Å². The summed E-state index contributed by atoms with van der Waals surface area (Å²) in [6.45, 7) is 10.2. The summed E-state index contributed by atoms with van der Waals surface area (Å²) in [5.74, 6) is 2.29. The summed E-state index contributed by atoms with van der Waals surface area (Å²) in [5.41, 5.74) is 0. The highest BCUT2D eigenvalue weighted by Crippen LogP contribution is 2.21. The van der Waals surface area contributed by atoms with Gasteiger partial charge in [0.1, 0.15) is 0 Å². The van der Waals surface area contributed by atoms with Crippen molar-refractivity contribution in [2.24, 2.45) is 5.92 Å². The Morgan fingerprint density at radius 2 is 2.00 bits per heavy atom. The van der Waals surface area contributed by atoms with Crippen molar-refractivity contribution in [3.63, 3.8) is 0 Å². The number of nitrogens with zero attached hydrogens (tertiary/aromatic N) is 2. The number of hydrogen-bond donors (Lipinski definition) is 1. The largest absolute Gasteiger partial charge is 0.424 e. The van der Waals surface area contributed by atoms with Crippen LogP contribution in [0.1, 0.15) is 51.8 Å². The van der Waals surface area contributed by atoms with E-state index in [9.17, 15) is 0 Å². The van der Waals surface area contributed by atoms with Crippen molar-refractivity contribution in [1.29, 1.82) is 0 Å². The second-order valence-electron chi connectivity index (χ2n) is 4.24. The fourth-order valence-electron chi connectivity index (χ4n) is 1.18. The van der Waals surface area contributed by atoms with Crippen LogP contribution >= 0.6 is 0 Å². The van der Waals surface area contributed by atoms with Crippen LogP contribution in [0.25, 0.3) is 0 Å². The third kappa shape index (κ3) is 3.63. The fourth-order valence-corrected chi connectivity index (χ4v) is 1.18. The number of hydrogen-bond acceptors (Lipinski definition) is 4. The van der Waals surface area contributed by atoms with E-state index < -0.39 is 0 Å². The minimum Gasteiger partial charge on any atom is -0.424 e. The van der Waals surface area contributed by atoms with Crippen molar-refractivity contribution in [3.8, 4) is 0 Å². The number of nitrogens with one attached hydrogen (secondary N) is 1. The Kier molecular flexibility index (Phi) is 4.75. The molecule has 0 spiro atoms. The lowest BCUT2D eigenvalue weighted by molar-refractivity contribution is 0.374. The summed E-state index contributed by atoms with van der Waals surface area (Å²) < 4.78 is 5.57. The predicted octanol–water partition coefficient (Wildman–Crippen LogP) is 2.33. The van der Waals surface area contributed by atoms with Crippen molar-refractivity contribution in [3.05, 3.63) is 11.8 Å². The van der Waals surface area contributed by atoms with Gasteiger partial charge in [0.2, 0.25) is 11.8 Å². The molecule has 0 bridgehead atoms. The van der Waals surface area contributed by atoms with Gasteiger partial charge < -0.3 is 9.73 Å². The lowest BCUT2D eigenvalue weighted by Crippen LogP contribution is -2.13. The summed E-state index contributed by atoms with van der Waals surface area (Å²) >= 11 is 0. The van der Waals surface area contributed by atoms with Crippen LogP contribution in [-0.2, 0) is 6.54 Å². The average Bonchev–Trinajstić information content (AvgIpc) is 2.65. The molecule has 1 unspecified atom stereocenters. The molecule has 0 aliphatic carbocycles. The Morgan fingerprint density at radius 1 is 1.27 bits per heavy atom. The van der Waals surface area contributed by atoms with Gasteiger partial charge in [0, 0.05) is 5.92 Å². The van der Waals surface area contributed by atoms with Gasteiger partial charge in [-0.1, -0.05) is 27.7 Å². The summed E-state index contributed by atoms with van der Waals surface area (Å²) in [7, 11) is 0. The molecule has 0 saturated carbocycles. The summed E-state index contributed by atoms with van der Waals surface area (Å²) in [4.78, 5) is 0. The van der Waals surface area contributed by atoms with Gasteiger partial charge in [-0.2, -0.15) is 0 Å². The first-order chi connectivity index (χ1) is 7.15. The first kappa shape index (κ1) is 12.2. The molecule has 0 saturated heterocycles. The zero-order valence-electron chi connectivity index (χ0n) is 10.1. The second-order valence-corrected chi connectivity index (χ2v) is 4.24. The Labute approximate surface area is 91.5 Å². The van der Waals surface area contributed by atoms with Gasteiger partial charge in [-0.15, -0.1) is 10.2 Å². The Morgan fingerprint density at radius 3 is 2.60 bits per heavy atom. The molecule has 0 amide bonds. The molecule has 0 aliphatic rings. The molecule has 0 radical (unpaired) electrons. The summed E-state index contributed by atoms with van der Waals surface area (Å²) in [5, 5.41) is 11.3. The van der Waals surface area contributed by atoms with Gasteiger partial charge in [-0.05, 0) is 18.9 Å². The van der Waals surface area contributed by atoms with Gasteiger partial charge in [-0.25, -0.2) is 0 Å². The topological polar surface area (TPSA) is 51.0 Å². The molecule has 4 heteroatoms. The van der Waals surface area contributed by atoms with E-state index in [1.165, 1.54) is 0 Å². The highest BCUT2D eigenvalue weighted by Gasteiger charge is 2.16. The maximum Gasteiger partial charge on any atom is 0.230 e. The molecule has 4 nitrogen and oxygen atoms in total. The van der Waals surface area contributed by atoms with Crippen molar-refractivity contribution >= 4 is 0 Å². The molecule has 1 aromatic rings. The Bertz CT molecular complexity index is 283. The molecule has 1 N–H and O–H groups in total. The molecule has 1 atom stereocenters. The van der Waals surface area contributed by atoms with E-state index in [2.05, 4.69) is 43.2 Å². The van der Waals surface area contributed by atoms with E-state index in [1.54, 1.807) is 0 Å². The van der Waals surface area contributed by atoms with Gasteiger partial charge in [0.05, 0.1) is 6.54 Å². The molecule has 0 aromatic carbocycles. The van der Waals surface area contributed by atoms with E-state index in [0.29, 0.717) is 24.3 Å². The van der Waals surface area contributed by atoms with Crippen molar-refractivity contribution < 1.29 is 4.42 Å². The van der Waals surface area contributed by atoms with Gasteiger partial charge >= 0.3 is 0 Å². The van der Waals surface area contributed by atoms with E-state index in [4.69, 9.17) is 4.42 Å². The fraction of sp³-hybridized carbons (Fsp3) is 0.818. The SMILES string of the molecule is CCCNCc1nnc(C(C)C(C)C)o1. The van der Waals surface area contributed by atoms with Crippen LogP contribution in [0, 0.1) is 5.92 Å². The Hall–Kier alpha value is -0.900. The lowest BCUT2D eigenvalue weighted by Gasteiger charge is -2.09. The molecule has 86 valence electrons. The van der Waals surface area contributed by atoms with Crippen LogP contribution < -0.4 is 5.32 Å². The van der Waals surface area contributed by atoms with Gasteiger partial charge in [0.25, 0.3) is 0 Å². The molecule has 1 rings (SSSR count). The highest BCUT2D eigenvalue weighted by atomic mass is 16.4. The first-order valence-corrected chi connectivity index (χ1v) is 5.68. The summed E-state index contributed by atoms with van der Waals surface area (Å²) in [6.07, 6.45) is 1.11. The normalized spacial score (nSPS) is 13.4. The minimum absolute atomic E-state index is 0.331. The van der Waals surface area contributed by atoms with Crippen molar-refractivity contribution in [1.82, 2.24) is 15.5 Å². The number of aromatic nitrogens is 2. The maximum absolute atomic E-state index is 5.57. The molecular formula is C11H21N3O. The second kappa shape index (κ2) is 5.85. The molecule has 0 fully saturated rings. The van der Waals surface area contributed by atoms with Gasteiger partial charge in [0.15, 0.2) is 0 Å². The van der Waals surface area contributed by atoms with Crippen LogP contribution in [-0.4, -0.2) is 16.7 Å². The quantitative estimate of drug-likeness (QED) is 0.734. The smallest absolute Gasteiger partial charge is 0.230 e. The molecule has 0 aliphatic heterocycles. The molecular weight excluding hydrogens is 190 g/mol. The van der Waals surface area contributed by atoms with Gasteiger partial charge in [-0.3, -0.25) is 0 Å². The lowest BCUT2D eigenvalue weighted by atomic mass is 9.98. The van der Waals surface area contributed by atoms with E-state index in [1.807, 2.05) is 0 Å². The van der Waals surface area contributed by atoms with Crippen molar-refractivity contribution in [2.75, 3.05) is 6.54 Å². The van der Waals surface area contributed by atoms with Crippen LogP contribution in [0.4, 0.5) is 0 Å². The van der Waals surface area contributed by atoms with E-state index in [0.717, 1.165) is 18.9 Å². The first-order valence-electron chi connectivity index (χ1n) is 5.68.